The topological polar surface area (TPSA) is 44.5 Å². The first-order valence-corrected chi connectivity index (χ1v) is 5.92. The number of hydrogen-bond acceptors (Lipinski definition) is 3. The Bertz CT molecular complexity index is 406. The zero-order valence-corrected chi connectivity index (χ0v) is 10.9. The molecule has 0 bridgehead atoms. The van der Waals surface area contributed by atoms with Crippen LogP contribution in [0.2, 0.25) is 0 Å². The van der Waals surface area contributed by atoms with Crippen LogP contribution in [0.1, 0.15) is 5.56 Å². The fraction of sp³-hybridized carbons (Fsp3) is 0.417. The Labute approximate surface area is 114 Å². The Hall–Kier alpha value is -1.34. The normalized spacial score (nSPS) is 11.3. The smallest absolute Gasteiger partial charge is 0.411 e. The molecule has 0 radical (unpaired) electrons. The number of halogens is 3. The fourth-order valence-corrected chi connectivity index (χ4v) is 1.48. The lowest BCUT2D eigenvalue weighted by Crippen LogP contribution is -2.19. The van der Waals surface area contributed by atoms with Crippen LogP contribution in [0.4, 0.5) is 13.2 Å². The van der Waals surface area contributed by atoms with Gasteiger partial charge in [-0.2, -0.15) is 13.2 Å². The van der Waals surface area contributed by atoms with Crippen molar-refractivity contribution < 1.29 is 22.6 Å². The van der Waals surface area contributed by atoms with Crippen molar-refractivity contribution in [1.29, 1.82) is 0 Å². The van der Waals surface area contributed by atoms with E-state index in [0.29, 0.717) is 17.2 Å². The predicted octanol–water partition coefficient (Wildman–Crippen LogP) is 2.47. The van der Waals surface area contributed by atoms with Gasteiger partial charge in [-0.05, 0) is 17.7 Å². The first-order valence-electron chi connectivity index (χ1n) is 5.51. The van der Waals surface area contributed by atoms with Gasteiger partial charge in [0.1, 0.15) is 19.0 Å². The number of hydrogen-bond donors (Lipinski definition) is 1. The summed E-state index contributed by atoms with van der Waals surface area (Å²) in [5.74, 6) is 0.558. The molecule has 0 atom stereocenters. The Morgan fingerprint density at radius 3 is 2.32 bits per heavy atom. The molecule has 1 aromatic carbocycles. The number of benzene rings is 1. The van der Waals surface area contributed by atoms with Gasteiger partial charge in [-0.15, -0.1) is 0 Å². The Balaban J connectivity index is 2.25. The highest BCUT2D eigenvalue weighted by Gasteiger charge is 2.27. The summed E-state index contributed by atoms with van der Waals surface area (Å²) < 4.78 is 44.9. The summed E-state index contributed by atoms with van der Waals surface area (Å²) in [7, 11) is 0. The van der Waals surface area contributed by atoms with Gasteiger partial charge in [-0.3, -0.25) is 0 Å². The van der Waals surface area contributed by atoms with Crippen molar-refractivity contribution in [1.82, 2.24) is 0 Å². The minimum Gasteiger partial charge on any atom is -0.491 e. The van der Waals surface area contributed by atoms with Gasteiger partial charge in [-0.25, -0.2) is 0 Å². The van der Waals surface area contributed by atoms with Crippen LogP contribution >= 0.6 is 12.2 Å². The lowest BCUT2D eigenvalue weighted by molar-refractivity contribution is -0.175. The van der Waals surface area contributed by atoms with Gasteiger partial charge >= 0.3 is 6.18 Å². The predicted molar refractivity (Wildman–Crippen MR) is 69.3 cm³/mol. The van der Waals surface area contributed by atoms with E-state index in [-0.39, 0.29) is 13.2 Å². The summed E-state index contributed by atoms with van der Waals surface area (Å²) in [4.78, 5) is 0.397. The maximum Gasteiger partial charge on any atom is 0.411 e. The molecule has 0 heterocycles. The first kappa shape index (κ1) is 15.7. The van der Waals surface area contributed by atoms with Gasteiger partial charge in [0.2, 0.25) is 0 Å². The highest BCUT2D eigenvalue weighted by atomic mass is 32.1. The molecule has 0 saturated heterocycles. The van der Waals surface area contributed by atoms with Gasteiger partial charge in [0.05, 0.1) is 11.6 Å². The fourth-order valence-electron chi connectivity index (χ4n) is 1.31. The molecule has 0 saturated carbocycles. The lowest BCUT2D eigenvalue weighted by atomic mass is 10.1. The number of rotatable bonds is 7. The van der Waals surface area contributed by atoms with E-state index < -0.39 is 12.8 Å². The van der Waals surface area contributed by atoms with E-state index in [4.69, 9.17) is 22.7 Å². The molecule has 0 unspecified atom stereocenters. The second-order valence-corrected chi connectivity index (χ2v) is 4.33. The highest BCUT2D eigenvalue weighted by molar-refractivity contribution is 7.80. The summed E-state index contributed by atoms with van der Waals surface area (Å²) in [6.45, 7) is -1.32. The lowest BCUT2D eigenvalue weighted by Gasteiger charge is -2.09. The molecule has 19 heavy (non-hydrogen) atoms. The molecule has 2 N–H and O–H groups in total. The molecule has 0 amide bonds. The first-order chi connectivity index (χ1) is 8.87. The zero-order chi connectivity index (χ0) is 14.3. The van der Waals surface area contributed by atoms with Gasteiger partial charge in [0, 0.05) is 6.42 Å². The van der Waals surface area contributed by atoms with E-state index >= 15 is 0 Å². The summed E-state index contributed by atoms with van der Waals surface area (Å²) in [5, 5.41) is 0. The average Bonchev–Trinajstić information content (AvgIpc) is 2.28. The summed E-state index contributed by atoms with van der Waals surface area (Å²) >= 11 is 4.78. The monoisotopic (exact) mass is 293 g/mol. The molecular weight excluding hydrogens is 279 g/mol. The van der Waals surface area contributed by atoms with E-state index in [1.165, 1.54) is 0 Å². The molecule has 7 heteroatoms. The molecule has 0 aliphatic carbocycles. The van der Waals surface area contributed by atoms with Gasteiger partial charge in [0.25, 0.3) is 0 Å². The van der Waals surface area contributed by atoms with E-state index in [0.717, 1.165) is 5.56 Å². The SMILES string of the molecule is NC(=S)Cc1ccc(OCCOCC(F)(F)F)cc1. The third-order valence-corrected chi connectivity index (χ3v) is 2.21. The van der Waals surface area contributed by atoms with Crippen LogP contribution in [0.25, 0.3) is 0 Å². The van der Waals surface area contributed by atoms with Crippen molar-refractivity contribution in [3.05, 3.63) is 29.8 Å². The highest BCUT2D eigenvalue weighted by Crippen LogP contribution is 2.15. The number of thiocarbonyl (C=S) groups is 1. The Morgan fingerprint density at radius 2 is 1.79 bits per heavy atom. The average molecular weight is 293 g/mol. The second kappa shape index (κ2) is 7.30. The van der Waals surface area contributed by atoms with Crippen LogP contribution in [-0.4, -0.2) is 31.0 Å². The largest absolute Gasteiger partial charge is 0.491 e. The van der Waals surface area contributed by atoms with Crippen molar-refractivity contribution in [3.63, 3.8) is 0 Å². The van der Waals surface area contributed by atoms with Gasteiger partial charge in [-0.1, -0.05) is 24.4 Å². The van der Waals surface area contributed by atoms with Crippen molar-refractivity contribution in [3.8, 4) is 5.75 Å². The molecule has 0 spiro atoms. The van der Waals surface area contributed by atoms with Crippen LogP contribution < -0.4 is 10.5 Å². The number of nitrogens with two attached hydrogens (primary N) is 1. The van der Waals surface area contributed by atoms with Crippen molar-refractivity contribution in [2.45, 2.75) is 12.6 Å². The Kier molecular flexibility index (Phi) is 6.04. The molecule has 0 aromatic heterocycles. The van der Waals surface area contributed by atoms with Crippen molar-refractivity contribution in [2.75, 3.05) is 19.8 Å². The molecule has 3 nitrogen and oxygen atoms in total. The van der Waals surface area contributed by atoms with Crippen LogP contribution in [0.5, 0.6) is 5.75 Å². The molecule has 1 aromatic rings. The number of ether oxygens (including phenoxy) is 2. The van der Waals surface area contributed by atoms with Crippen molar-refractivity contribution >= 4 is 17.2 Å². The molecular formula is C12H14F3NO2S. The summed E-state index contributed by atoms with van der Waals surface area (Å²) in [6, 6.07) is 7.00. The summed E-state index contributed by atoms with van der Waals surface area (Å²) in [5.41, 5.74) is 6.35. The Morgan fingerprint density at radius 1 is 1.16 bits per heavy atom. The van der Waals surface area contributed by atoms with E-state index in [2.05, 4.69) is 4.74 Å². The summed E-state index contributed by atoms with van der Waals surface area (Å²) in [6.07, 6.45) is -3.80. The minimum atomic E-state index is -4.30. The maximum absolute atomic E-state index is 11.8. The van der Waals surface area contributed by atoms with E-state index in [1.807, 2.05) is 0 Å². The molecule has 1 rings (SSSR count). The minimum absolute atomic E-state index is 0.0602. The van der Waals surface area contributed by atoms with Crippen LogP contribution in [0.15, 0.2) is 24.3 Å². The molecule has 0 aliphatic heterocycles. The standard InChI is InChI=1S/C12H14F3NO2S/c13-12(14,15)8-17-5-6-18-10-3-1-9(2-4-10)7-11(16)19/h1-4H,5-8H2,(H2,16,19). The quantitative estimate of drug-likeness (QED) is 0.619. The molecule has 106 valence electrons. The zero-order valence-electron chi connectivity index (χ0n) is 10.1. The molecule has 0 aliphatic rings. The van der Waals surface area contributed by atoms with Gasteiger partial charge < -0.3 is 15.2 Å². The second-order valence-electron chi connectivity index (χ2n) is 3.80. The third-order valence-electron chi connectivity index (χ3n) is 2.06. The van der Waals surface area contributed by atoms with Gasteiger partial charge in [0.15, 0.2) is 0 Å². The third kappa shape index (κ3) is 7.63. The van der Waals surface area contributed by atoms with Crippen LogP contribution in [0, 0.1) is 0 Å². The van der Waals surface area contributed by atoms with Crippen molar-refractivity contribution in [2.24, 2.45) is 5.73 Å². The van der Waals surface area contributed by atoms with E-state index in [9.17, 15) is 13.2 Å². The maximum atomic E-state index is 11.8. The van der Waals surface area contributed by atoms with E-state index in [1.54, 1.807) is 24.3 Å². The molecule has 0 fully saturated rings. The van der Waals surface area contributed by atoms with Crippen LogP contribution in [-0.2, 0) is 11.2 Å². The van der Waals surface area contributed by atoms with Crippen LogP contribution in [0.3, 0.4) is 0 Å². The number of alkyl halides is 3.